The van der Waals surface area contributed by atoms with Crippen molar-refractivity contribution < 1.29 is 18.7 Å². The maximum Gasteiger partial charge on any atom is 0.261 e. The molecule has 3 rings (SSSR count). The third-order valence-electron chi connectivity index (χ3n) is 5.50. The maximum atomic E-state index is 14.6. The van der Waals surface area contributed by atoms with Crippen molar-refractivity contribution in [3.05, 3.63) is 99.2 Å². The van der Waals surface area contributed by atoms with Gasteiger partial charge >= 0.3 is 0 Å². The topological polar surface area (TPSA) is 58.6 Å². The molecule has 0 aliphatic rings. The van der Waals surface area contributed by atoms with Crippen molar-refractivity contribution in [1.29, 1.82) is 0 Å². The van der Waals surface area contributed by atoms with Crippen LogP contribution in [-0.4, -0.2) is 35.9 Å². The molecular formula is C28H29BrClFN2O3. The van der Waals surface area contributed by atoms with E-state index in [0.717, 1.165) is 5.56 Å². The van der Waals surface area contributed by atoms with E-state index in [1.165, 1.54) is 11.0 Å². The van der Waals surface area contributed by atoms with Gasteiger partial charge in [0, 0.05) is 30.1 Å². The van der Waals surface area contributed by atoms with Gasteiger partial charge in [0.05, 0.1) is 4.47 Å². The van der Waals surface area contributed by atoms with Crippen LogP contribution in [0.25, 0.3) is 0 Å². The molecule has 190 valence electrons. The molecule has 0 aromatic heterocycles. The Morgan fingerprint density at radius 2 is 1.75 bits per heavy atom. The second-order valence-electron chi connectivity index (χ2n) is 8.82. The van der Waals surface area contributed by atoms with Crippen LogP contribution >= 0.6 is 27.5 Å². The molecule has 0 heterocycles. The number of benzene rings is 3. The lowest BCUT2D eigenvalue weighted by Gasteiger charge is -2.32. The molecule has 36 heavy (non-hydrogen) atoms. The fourth-order valence-electron chi connectivity index (χ4n) is 3.60. The number of nitrogens with one attached hydrogen (secondary N) is 1. The molecule has 3 aromatic carbocycles. The van der Waals surface area contributed by atoms with E-state index >= 15 is 0 Å². The predicted molar refractivity (Wildman–Crippen MR) is 143 cm³/mol. The summed E-state index contributed by atoms with van der Waals surface area (Å²) < 4.78 is 21.0. The summed E-state index contributed by atoms with van der Waals surface area (Å²) in [5.41, 5.74) is 1.20. The highest BCUT2D eigenvalue weighted by molar-refractivity contribution is 9.10. The van der Waals surface area contributed by atoms with E-state index in [2.05, 4.69) is 21.2 Å². The lowest BCUT2D eigenvalue weighted by molar-refractivity contribution is -0.142. The van der Waals surface area contributed by atoms with Crippen molar-refractivity contribution in [3.8, 4) is 5.75 Å². The first-order valence-corrected chi connectivity index (χ1v) is 12.8. The molecule has 0 bridgehead atoms. The van der Waals surface area contributed by atoms with Gasteiger partial charge < -0.3 is 15.0 Å². The number of nitrogens with zero attached hydrogens (tertiary/aromatic N) is 1. The van der Waals surface area contributed by atoms with Crippen molar-refractivity contribution in [3.63, 3.8) is 0 Å². The molecule has 0 aliphatic carbocycles. The Kier molecular flexibility index (Phi) is 10.3. The van der Waals surface area contributed by atoms with Crippen LogP contribution in [0.1, 0.15) is 25.0 Å². The van der Waals surface area contributed by atoms with E-state index in [-0.39, 0.29) is 31.4 Å². The second-order valence-corrected chi connectivity index (χ2v) is 10.1. The summed E-state index contributed by atoms with van der Waals surface area (Å²) in [6.45, 7) is 4.03. The van der Waals surface area contributed by atoms with Crippen LogP contribution in [0.3, 0.4) is 0 Å². The van der Waals surface area contributed by atoms with E-state index < -0.39 is 17.8 Å². The van der Waals surface area contributed by atoms with Crippen LogP contribution in [0.15, 0.2) is 77.3 Å². The molecule has 0 radical (unpaired) electrons. The van der Waals surface area contributed by atoms with Gasteiger partial charge in [-0.25, -0.2) is 4.39 Å². The van der Waals surface area contributed by atoms with Crippen molar-refractivity contribution in [1.82, 2.24) is 10.2 Å². The largest absolute Gasteiger partial charge is 0.483 e. The Morgan fingerprint density at radius 3 is 2.42 bits per heavy atom. The van der Waals surface area contributed by atoms with Gasteiger partial charge in [-0.1, -0.05) is 74.0 Å². The number of ether oxygens (including phenoxy) is 1. The average Bonchev–Trinajstić information content (AvgIpc) is 2.85. The minimum absolute atomic E-state index is 0.0801. The van der Waals surface area contributed by atoms with Crippen molar-refractivity contribution >= 4 is 39.3 Å². The van der Waals surface area contributed by atoms with E-state index in [1.54, 1.807) is 36.4 Å². The molecule has 1 atom stereocenters. The molecule has 5 nitrogen and oxygen atoms in total. The predicted octanol–water partition coefficient (Wildman–Crippen LogP) is 6.03. The van der Waals surface area contributed by atoms with Crippen LogP contribution in [0.5, 0.6) is 5.75 Å². The van der Waals surface area contributed by atoms with Crippen molar-refractivity contribution in [2.75, 3.05) is 13.2 Å². The fraction of sp³-hybridized carbons (Fsp3) is 0.286. The average molecular weight is 576 g/mol. The summed E-state index contributed by atoms with van der Waals surface area (Å²) in [6.07, 6.45) is 0.273. The molecule has 0 saturated carbocycles. The Labute approximate surface area is 224 Å². The van der Waals surface area contributed by atoms with Crippen molar-refractivity contribution in [2.45, 2.75) is 32.9 Å². The summed E-state index contributed by atoms with van der Waals surface area (Å²) in [4.78, 5) is 28.3. The van der Waals surface area contributed by atoms with E-state index in [0.29, 0.717) is 27.4 Å². The number of hydrogen-bond acceptors (Lipinski definition) is 3. The van der Waals surface area contributed by atoms with Crippen LogP contribution in [-0.2, 0) is 22.6 Å². The summed E-state index contributed by atoms with van der Waals surface area (Å²) in [5, 5.41) is 3.46. The quantitative estimate of drug-likeness (QED) is 0.304. The van der Waals surface area contributed by atoms with Crippen LogP contribution in [0.2, 0.25) is 5.02 Å². The minimum atomic E-state index is -0.865. The van der Waals surface area contributed by atoms with Gasteiger partial charge in [0.1, 0.15) is 17.6 Å². The number of hydrogen-bond donors (Lipinski definition) is 1. The number of halogens is 3. The van der Waals surface area contributed by atoms with E-state index in [9.17, 15) is 14.0 Å². The minimum Gasteiger partial charge on any atom is -0.483 e. The maximum absolute atomic E-state index is 14.6. The highest BCUT2D eigenvalue weighted by Crippen LogP contribution is 2.28. The lowest BCUT2D eigenvalue weighted by Crippen LogP contribution is -2.52. The molecule has 0 fully saturated rings. The van der Waals surface area contributed by atoms with Crippen LogP contribution in [0.4, 0.5) is 4.39 Å². The van der Waals surface area contributed by atoms with Gasteiger partial charge in [-0.15, -0.1) is 0 Å². The molecule has 3 aromatic rings. The van der Waals surface area contributed by atoms with E-state index in [4.69, 9.17) is 16.3 Å². The van der Waals surface area contributed by atoms with Gasteiger partial charge in [0.2, 0.25) is 5.91 Å². The number of carbonyl (C=O) groups excluding carboxylic acids is 2. The van der Waals surface area contributed by atoms with Gasteiger partial charge in [-0.05, 0) is 51.7 Å². The Bertz CT molecular complexity index is 1180. The SMILES string of the molecule is CC(C)CNC(=O)[C@@H](Cc1ccccc1)N(Cc1ccccc1F)C(=O)COc1ccc(Cl)cc1Br. The highest BCUT2D eigenvalue weighted by atomic mass is 79.9. The highest BCUT2D eigenvalue weighted by Gasteiger charge is 2.31. The third-order valence-corrected chi connectivity index (χ3v) is 6.35. The second kappa shape index (κ2) is 13.4. The molecule has 8 heteroatoms. The molecular weight excluding hydrogens is 547 g/mol. The monoisotopic (exact) mass is 574 g/mol. The summed E-state index contributed by atoms with van der Waals surface area (Å²) in [7, 11) is 0. The molecule has 0 aliphatic heterocycles. The first kappa shape index (κ1) is 27.7. The van der Waals surface area contributed by atoms with Crippen LogP contribution in [0, 0.1) is 11.7 Å². The van der Waals surface area contributed by atoms with Gasteiger partial charge in [-0.3, -0.25) is 9.59 Å². The zero-order chi connectivity index (χ0) is 26.1. The molecule has 2 amide bonds. The first-order valence-electron chi connectivity index (χ1n) is 11.7. The van der Waals surface area contributed by atoms with Crippen molar-refractivity contribution in [2.24, 2.45) is 5.92 Å². The summed E-state index contributed by atoms with van der Waals surface area (Å²) >= 11 is 9.38. The Balaban J connectivity index is 1.92. The lowest BCUT2D eigenvalue weighted by atomic mass is 10.0. The summed E-state index contributed by atoms with van der Waals surface area (Å²) in [5.74, 6) is -0.529. The zero-order valence-electron chi connectivity index (χ0n) is 20.2. The molecule has 0 unspecified atom stereocenters. The number of carbonyl (C=O) groups is 2. The normalized spacial score (nSPS) is 11.7. The molecule has 0 spiro atoms. The Morgan fingerprint density at radius 1 is 1.06 bits per heavy atom. The first-order chi connectivity index (χ1) is 17.2. The van der Waals surface area contributed by atoms with Crippen LogP contribution < -0.4 is 10.1 Å². The van der Waals surface area contributed by atoms with Gasteiger partial charge in [0.25, 0.3) is 5.91 Å². The number of amides is 2. The Hall–Kier alpha value is -2.90. The summed E-state index contributed by atoms with van der Waals surface area (Å²) in [6, 6.07) is 19.8. The smallest absolute Gasteiger partial charge is 0.261 e. The standard InChI is InChI=1S/C28H29BrClFN2O3/c1-19(2)16-32-28(35)25(14-20-8-4-3-5-9-20)33(17-21-10-6-7-11-24(21)31)27(34)18-36-26-13-12-22(30)15-23(26)29/h3-13,15,19,25H,14,16-18H2,1-2H3,(H,32,35)/t25-/m1/s1. The van der Waals surface area contributed by atoms with Gasteiger partial charge in [-0.2, -0.15) is 0 Å². The fourth-order valence-corrected chi connectivity index (χ4v) is 4.40. The zero-order valence-corrected chi connectivity index (χ0v) is 22.6. The van der Waals surface area contributed by atoms with Gasteiger partial charge in [0.15, 0.2) is 6.61 Å². The third kappa shape index (κ3) is 8.07. The molecule has 1 N–H and O–H groups in total. The number of rotatable bonds is 11. The molecule has 0 saturated heterocycles. The van der Waals surface area contributed by atoms with E-state index in [1.807, 2.05) is 44.2 Å².